The van der Waals surface area contributed by atoms with Crippen LogP contribution in [0.15, 0.2) is 66.9 Å². The zero-order chi connectivity index (χ0) is 23.4. The second kappa shape index (κ2) is 9.32. The first-order chi connectivity index (χ1) is 15.8. The van der Waals surface area contributed by atoms with Crippen molar-refractivity contribution in [2.45, 2.75) is 25.9 Å². The Hall–Kier alpha value is -3.88. The quantitative estimate of drug-likeness (QED) is 0.401. The number of rotatable bonds is 7. The summed E-state index contributed by atoms with van der Waals surface area (Å²) in [6.07, 6.45) is -1.37. The molecule has 6 nitrogen and oxygen atoms in total. The highest BCUT2D eigenvalue weighted by atomic mass is 19.4. The summed E-state index contributed by atoms with van der Waals surface area (Å²) in [5, 5.41) is 15.2. The van der Waals surface area contributed by atoms with Gasteiger partial charge in [0.1, 0.15) is 0 Å². The summed E-state index contributed by atoms with van der Waals surface area (Å²) in [6, 6.07) is 15.9. The van der Waals surface area contributed by atoms with Crippen LogP contribution < -0.4 is 10.6 Å². The lowest BCUT2D eigenvalue weighted by Gasteiger charge is -2.09. The van der Waals surface area contributed by atoms with E-state index < -0.39 is 11.7 Å². The van der Waals surface area contributed by atoms with Crippen LogP contribution in [0.25, 0.3) is 16.7 Å². The Bertz CT molecular complexity index is 1250. The highest BCUT2D eigenvalue weighted by Gasteiger charge is 2.29. The predicted molar refractivity (Wildman–Crippen MR) is 121 cm³/mol. The summed E-state index contributed by atoms with van der Waals surface area (Å²) in [5.74, 6) is 0.917. The molecule has 0 unspecified atom stereocenters. The first-order valence-electron chi connectivity index (χ1n) is 10.5. The number of aromatic nitrogens is 3. The molecule has 170 valence electrons. The number of benzene rings is 2. The maximum atomic E-state index is 12.7. The lowest BCUT2D eigenvalue weighted by Crippen LogP contribution is -2.25. The van der Waals surface area contributed by atoms with E-state index in [0.29, 0.717) is 23.9 Å². The van der Waals surface area contributed by atoms with Gasteiger partial charge < -0.3 is 10.6 Å². The van der Waals surface area contributed by atoms with Gasteiger partial charge in [-0.2, -0.15) is 13.2 Å². The van der Waals surface area contributed by atoms with E-state index in [1.807, 2.05) is 42.0 Å². The first kappa shape index (κ1) is 22.3. The van der Waals surface area contributed by atoms with E-state index in [9.17, 15) is 18.0 Å². The number of carbonyl (C=O) groups excluding carboxylic acids is 1. The topological polar surface area (TPSA) is 71.8 Å². The fraction of sp³-hybridized carbons (Fsp3) is 0.208. The zero-order valence-corrected chi connectivity index (χ0v) is 17.9. The van der Waals surface area contributed by atoms with Crippen LogP contribution in [-0.4, -0.2) is 27.2 Å². The second-order valence-electron chi connectivity index (χ2n) is 7.55. The summed E-state index contributed by atoms with van der Waals surface area (Å²) < 4.78 is 40.0. The van der Waals surface area contributed by atoms with E-state index in [0.717, 1.165) is 35.0 Å². The molecule has 2 aromatic heterocycles. The monoisotopic (exact) mass is 453 g/mol. The SMILES string of the molecule is CCCNC(=O)Cc1cn(-c2ccc(Nc3ccc(C(F)(F)F)cc3)nn2)c2ccccc12. The van der Waals surface area contributed by atoms with Gasteiger partial charge in [0, 0.05) is 23.8 Å². The zero-order valence-electron chi connectivity index (χ0n) is 17.9. The van der Waals surface area contributed by atoms with Gasteiger partial charge >= 0.3 is 6.18 Å². The minimum absolute atomic E-state index is 0.0399. The van der Waals surface area contributed by atoms with Crippen LogP contribution >= 0.6 is 0 Å². The van der Waals surface area contributed by atoms with Crippen molar-refractivity contribution >= 4 is 28.3 Å². The van der Waals surface area contributed by atoms with Gasteiger partial charge in [0.2, 0.25) is 5.91 Å². The number of hydrogen-bond acceptors (Lipinski definition) is 4. The molecular weight excluding hydrogens is 431 g/mol. The van der Waals surface area contributed by atoms with Gasteiger partial charge in [-0.1, -0.05) is 25.1 Å². The van der Waals surface area contributed by atoms with Crippen LogP contribution in [0.3, 0.4) is 0 Å². The van der Waals surface area contributed by atoms with Crippen molar-refractivity contribution < 1.29 is 18.0 Å². The summed E-state index contributed by atoms with van der Waals surface area (Å²) in [4.78, 5) is 12.2. The number of amides is 1. The highest BCUT2D eigenvalue weighted by Crippen LogP contribution is 2.30. The number of hydrogen-bond donors (Lipinski definition) is 2. The fourth-order valence-electron chi connectivity index (χ4n) is 3.49. The number of para-hydroxylation sites is 1. The van der Waals surface area contributed by atoms with Crippen molar-refractivity contribution in [1.82, 2.24) is 20.1 Å². The number of nitrogens with zero attached hydrogens (tertiary/aromatic N) is 3. The number of alkyl halides is 3. The van der Waals surface area contributed by atoms with Crippen molar-refractivity contribution in [3.05, 3.63) is 78.0 Å². The van der Waals surface area contributed by atoms with Crippen molar-refractivity contribution in [2.24, 2.45) is 0 Å². The largest absolute Gasteiger partial charge is 0.416 e. The molecule has 2 N–H and O–H groups in total. The molecule has 0 radical (unpaired) electrons. The number of carbonyl (C=O) groups is 1. The first-order valence-corrected chi connectivity index (χ1v) is 10.5. The third-order valence-corrected chi connectivity index (χ3v) is 5.10. The van der Waals surface area contributed by atoms with E-state index >= 15 is 0 Å². The van der Waals surface area contributed by atoms with Crippen molar-refractivity contribution in [3.8, 4) is 5.82 Å². The Morgan fingerprint density at radius 3 is 2.42 bits per heavy atom. The molecule has 4 aromatic rings. The molecule has 0 bridgehead atoms. The van der Waals surface area contributed by atoms with Gasteiger partial charge in [0.15, 0.2) is 11.6 Å². The number of fused-ring (bicyclic) bond motifs is 1. The Morgan fingerprint density at radius 2 is 1.76 bits per heavy atom. The third kappa shape index (κ3) is 5.14. The molecule has 4 rings (SSSR count). The third-order valence-electron chi connectivity index (χ3n) is 5.10. The Balaban J connectivity index is 1.55. The van der Waals surface area contributed by atoms with E-state index in [4.69, 9.17) is 0 Å². The molecule has 33 heavy (non-hydrogen) atoms. The van der Waals surface area contributed by atoms with Crippen LogP contribution in [0.5, 0.6) is 0 Å². The molecule has 0 aliphatic heterocycles. The number of anilines is 2. The van der Waals surface area contributed by atoms with Crippen molar-refractivity contribution in [1.29, 1.82) is 0 Å². The lowest BCUT2D eigenvalue weighted by molar-refractivity contribution is -0.137. The van der Waals surface area contributed by atoms with E-state index in [2.05, 4.69) is 20.8 Å². The maximum Gasteiger partial charge on any atom is 0.416 e. The van der Waals surface area contributed by atoms with Crippen LogP contribution in [-0.2, 0) is 17.4 Å². The molecule has 0 saturated heterocycles. The Kier molecular flexibility index (Phi) is 6.30. The number of nitrogens with one attached hydrogen (secondary N) is 2. The minimum atomic E-state index is -4.38. The molecular formula is C24H22F3N5O. The molecule has 2 heterocycles. The molecule has 0 spiro atoms. The van der Waals surface area contributed by atoms with Crippen LogP contribution in [0.4, 0.5) is 24.7 Å². The molecule has 0 saturated carbocycles. The van der Waals surface area contributed by atoms with Crippen LogP contribution in [0, 0.1) is 0 Å². The van der Waals surface area contributed by atoms with Gasteiger partial charge in [0.05, 0.1) is 17.5 Å². The summed E-state index contributed by atoms with van der Waals surface area (Å²) >= 11 is 0. The molecule has 2 aromatic carbocycles. The van der Waals surface area contributed by atoms with Crippen LogP contribution in [0.2, 0.25) is 0 Å². The van der Waals surface area contributed by atoms with E-state index in [1.54, 1.807) is 12.1 Å². The average molecular weight is 453 g/mol. The second-order valence-corrected chi connectivity index (χ2v) is 7.55. The molecule has 0 aliphatic carbocycles. The molecule has 0 atom stereocenters. The summed E-state index contributed by atoms with van der Waals surface area (Å²) in [7, 11) is 0. The predicted octanol–water partition coefficient (Wildman–Crippen LogP) is 5.25. The van der Waals surface area contributed by atoms with Gasteiger partial charge in [-0.15, -0.1) is 10.2 Å². The summed E-state index contributed by atoms with van der Waals surface area (Å²) in [5.41, 5.74) is 1.53. The van der Waals surface area contributed by atoms with Crippen molar-refractivity contribution in [2.75, 3.05) is 11.9 Å². The fourth-order valence-corrected chi connectivity index (χ4v) is 3.49. The average Bonchev–Trinajstić information content (AvgIpc) is 3.16. The Morgan fingerprint density at radius 1 is 1.00 bits per heavy atom. The van der Waals surface area contributed by atoms with Gasteiger partial charge in [0.25, 0.3) is 0 Å². The van der Waals surface area contributed by atoms with Gasteiger partial charge in [-0.3, -0.25) is 9.36 Å². The van der Waals surface area contributed by atoms with E-state index in [1.165, 1.54) is 12.1 Å². The number of halogens is 3. The summed E-state index contributed by atoms with van der Waals surface area (Å²) in [6.45, 7) is 2.64. The maximum absolute atomic E-state index is 12.7. The molecule has 9 heteroatoms. The normalized spacial score (nSPS) is 11.5. The van der Waals surface area contributed by atoms with Crippen molar-refractivity contribution in [3.63, 3.8) is 0 Å². The molecule has 0 aliphatic rings. The lowest BCUT2D eigenvalue weighted by atomic mass is 10.1. The van der Waals surface area contributed by atoms with Gasteiger partial charge in [-0.05, 0) is 54.4 Å². The van der Waals surface area contributed by atoms with E-state index in [-0.39, 0.29) is 12.3 Å². The standard InChI is InChI=1S/C24H22F3N5O/c1-2-13-28-23(33)14-16-15-32(20-6-4-3-5-19(16)20)22-12-11-21(30-31-22)29-18-9-7-17(8-10-18)24(25,26)27/h3-12,15H,2,13-14H2,1H3,(H,28,33)(H,29,30). The Labute approximate surface area is 188 Å². The molecule has 0 fully saturated rings. The smallest absolute Gasteiger partial charge is 0.356 e. The molecule has 1 amide bonds. The minimum Gasteiger partial charge on any atom is -0.356 e. The highest BCUT2D eigenvalue weighted by molar-refractivity contribution is 5.90. The van der Waals surface area contributed by atoms with Gasteiger partial charge in [-0.25, -0.2) is 0 Å². The van der Waals surface area contributed by atoms with Crippen LogP contribution in [0.1, 0.15) is 24.5 Å².